The van der Waals surface area contributed by atoms with E-state index in [0.717, 1.165) is 5.56 Å². The minimum absolute atomic E-state index is 0.0808. The van der Waals surface area contributed by atoms with E-state index in [4.69, 9.17) is 32.7 Å². The SMILES string of the molecule is O=C(O)c1ccc(SCc2c(Cl)cccc2Cl)o1. The van der Waals surface area contributed by atoms with Crippen molar-refractivity contribution in [1.29, 1.82) is 0 Å². The molecule has 0 fully saturated rings. The van der Waals surface area contributed by atoms with E-state index in [1.165, 1.54) is 17.8 Å². The quantitative estimate of drug-likeness (QED) is 0.840. The van der Waals surface area contributed by atoms with E-state index >= 15 is 0 Å². The van der Waals surface area contributed by atoms with Crippen LogP contribution in [0.25, 0.3) is 0 Å². The van der Waals surface area contributed by atoms with Crippen LogP contribution in [0.2, 0.25) is 10.0 Å². The van der Waals surface area contributed by atoms with Crippen LogP contribution in [0, 0.1) is 0 Å². The number of halogens is 2. The van der Waals surface area contributed by atoms with E-state index in [1.54, 1.807) is 24.3 Å². The van der Waals surface area contributed by atoms with Crippen molar-refractivity contribution in [3.05, 3.63) is 51.7 Å². The molecule has 94 valence electrons. The summed E-state index contributed by atoms with van der Waals surface area (Å²) in [6.45, 7) is 0. The molecule has 0 unspecified atom stereocenters. The van der Waals surface area contributed by atoms with Crippen molar-refractivity contribution in [3.8, 4) is 0 Å². The van der Waals surface area contributed by atoms with Crippen LogP contribution >= 0.6 is 35.0 Å². The molecule has 2 aromatic rings. The van der Waals surface area contributed by atoms with Gasteiger partial charge in [-0.05, 0) is 29.8 Å². The third-order valence-electron chi connectivity index (χ3n) is 2.21. The van der Waals surface area contributed by atoms with Crippen molar-refractivity contribution >= 4 is 40.9 Å². The standard InChI is InChI=1S/C12H8Cl2O3S/c13-8-2-1-3-9(14)7(8)6-18-11-5-4-10(17-11)12(15)16/h1-5H,6H2,(H,15,16). The Kier molecular flexibility index (Phi) is 4.22. The number of aromatic carboxylic acids is 1. The number of carbonyl (C=O) groups is 1. The first-order chi connectivity index (χ1) is 8.58. The van der Waals surface area contributed by atoms with Crippen molar-refractivity contribution in [2.45, 2.75) is 10.8 Å². The van der Waals surface area contributed by atoms with E-state index in [-0.39, 0.29) is 5.76 Å². The first-order valence-corrected chi connectivity index (χ1v) is 6.71. The van der Waals surface area contributed by atoms with Crippen LogP contribution in [-0.4, -0.2) is 11.1 Å². The maximum absolute atomic E-state index is 10.7. The zero-order valence-corrected chi connectivity index (χ0v) is 11.4. The summed E-state index contributed by atoms with van der Waals surface area (Å²) in [4.78, 5) is 10.7. The molecule has 0 aliphatic rings. The molecule has 1 N–H and O–H groups in total. The molecule has 6 heteroatoms. The van der Waals surface area contributed by atoms with Gasteiger partial charge in [-0.15, -0.1) is 0 Å². The van der Waals surface area contributed by atoms with Crippen molar-refractivity contribution in [2.75, 3.05) is 0 Å². The highest BCUT2D eigenvalue weighted by Gasteiger charge is 2.11. The molecular weight excluding hydrogens is 295 g/mol. The normalized spacial score (nSPS) is 10.6. The molecule has 0 saturated carbocycles. The van der Waals surface area contributed by atoms with Gasteiger partial charge in [-0.1, -0.05) is 41.0 Å². The minimum Gasteiger partial charge on any atom is -0.475 e. The summed E-state index contributed by atoms with van der Waals surface area (Å²) < 4.78 is 5.12. The summed E-state index contributed by atoms with van der Waals surface area (Å²) in [5.41, 5.74) is 0.805. The Morgan fingerprint density at radius 3 is 2.44 bits per heavy atom. The number of carboxylic acids is 1. The predicted molar refractivity (Wildman–Crippen MR) is 71.7 cm³/mol. The molecule has 1 aromatic carbocycles. The number of carboxylic acid groups (broad SMARTS) is 1. The maximum Gasteiger partial charge on any atom is 0.371 e. The average molecular weight is 303 g/mol. The molecule has 1 aromatic heterocycles. The Morgan fingerprint density at radius 1 is 1.22 bits per heavy atom. The lowest BCUT2D eigenvalue weighted by molar-refractivity contribution is 0.0656. The molecule has 0 bridgehead atoms. The maximum atomic E-state index is 10.7. The number of thioether (sulfide) groups is 1. The second-order valence-corrected chi connectivity index (χ2v) is 5.21. The number of furan rings is 1. The van der Waals surface area contributed by atoms with Gasteiger partial charge in [-0.25, -0.2) is 4.79 Å². The second kappa shape index (κ2) is 5.69. The molecule has 1 heterocycles. The molecular formula is C12H8Cl2O3S. The molecule has 2 rings (SSSR count). The van der Waals surface area contributed by atoms with Crippen molar-refractivity contribution < 1.29 is 14.3 Å². The van der Waals surface area contributed by atoms with Crippen LogP contribution in [-0.2, 0) is 5.75 Å². The predicted octanol–water partition coefficient (Wildman–Crippen LogP) is 4.58. The van der Waals surface area contributed by atoms with Crippen molar-refractivity contribution in [3.63, 3.8) is 0 Å². The van der Waals surface area contributed by atoms with Crippen LogP contribution in [0.4, 0.5) is 0 Å². The van der Waals surface area contributed by atoms with Gasteiger partial charge in [-0.2, -0.15) is 0 Å². The summed E-state index contributed by atoms with van der Waals surface area (Å²) >= 11 is 13.4. The molecule has 0 saturated heterocycles. The lowest BCUT2D eigenvalue weighted by Gasteiger charge is -2.04. The van der Waals surface area contributed by atoms with Gasteiger partial charge in [0.1, 0.15) is 0 Å². The van der Waals surface area contributed by atoms with Gasteiger partial charge >= 0.3 is 5.97 Å². The number of hydrogen-bond acceptors (Lipinski definition) is 3. The Bertz CT molecular complexity index is 560. The fourth-order valence-electron chi connectivity index (χ4n) is 1.33. The van der Waals surface area contributed by atoms with Crippen LogP contribution in [0.1, 0.15) is 16.1 Å². The third kappa shape index (κ3) is 3.02. The fraction of sp³-hybridized carbons (Fsp3) is 0.0833. The summed E-state index contributed by atoms with van der Waals surface area (Å²) in [5.74, 6) is -0.647. The average Bonchev–Trinajstić information content (AvgIpc) is 2.77. The van der Waals surface area contributed by atoms with E-state index in [0.29, 0.717) is 20.9 Å². The first kappa shape index (κ1) is 13.3. The minimum atomic E-state index is -1.09. The van der Waals surface area contributed by atoms with Crippen LogP contribution < -0.4 is 0 Å². The lowest BCUT2D eigenvalue weighted by Crippen LogP contribution is -1.91. The Hall–Kier alpha value is -1.10. The van der Waals surface area contributed by atoms with Gasteiger partial charge < -0.3 is 9.52 Å². The zero-order chi connectivity index (χ0) is 13.1. The van der Waals surface area contributed by atoms with Gasteiger partial charge in [-0.3, -0.25) is 0 Å². The van der Waals surface area contributed by atoms with E-state index in [9.17, 15) is 4.79 Å². The van der Waals surface area contributed by atoms with Crippen LogP contribution in [0.15, 0.2) is 39.8 Å². The van der Waals surface area contributed by atoms with Crippen LogP contribution in [0.5, 0.6) is 0 Å². The molecule has 0 radical (unpaired) electrons. The Morgan fingerprint density at radius 2 is 1.89 bits per heavy atom. The monoisotopic (exact) mass is 302 g/mol. The molecule has 0 atom stereocenters. The van der Waals surface area contributed by atoms with E-state index < -0.39 is 5.97 Å². The largest absolute Gasteiger partial charge is 0.475 e. The van der Waals surface area contributed by atoms with Gasteiger partial charge in [0, 0.05) is 15.8 Å². The first-order valence-electron chi connectivity index (χ1n) is 4.96. The van der Waals surface area contributed by atoms with Crippen LogP contribution in [0.3, 0.4) is 0 Å². The highest BCUT2D eigenvalue weighted by molar-refractivity contribution is 7.98. The number of hydrogen-bond donors (Lipinski definition) is 1. The number of benzene rings is 1. The fourth-order valence-corrected chi connectivity index (χ4v) is 2.93. The lowest BCUT2D eigenvalue weighted by atomic mass is 10.2. The van der Waals surface area contributed by atoms with E-state index in [2.05, 4.69) is 0 Å². The molecule has 18 heavy (non-hydrogen) atoms. The van der Waals surface area contributed by atoms with Gasteiger partial charge in [0.2, 0.25) is 5.76 Å². The molecule has 3 nitrogen and oxygen atoms in total. The van der Waals surface area contributed by atoms with Gasteiger partial charge in [0.05, 0.1) is 0 Å². The van der Waals surface area contributed by atoms with Crippen molar-refractivity contribution in [1.82, 2.24) is 0 Å². The highest BCUT2D eigenvalue weighted by atomic mass is 35.5. The smallest absolute Gasteiger partial charge is 0.371 e. The summed E-state index contributed by atoms with van der Waals surface area (Å²) in [6, 6.07) is 8.31. The molecule has 0 amide bonds. The molecule has 0 spiro atoms. The Balaban J connectivity index is 2.09. The second-order valence-electron chi connectivity index (χ2n) is 3.41. The summed E-state index contributed by atoms with van der Waals surface area (Å²) in [5, 5.41) is 10.4. The highest BCUT2D eigenvalue weighted by Crippen LogP contribution is 2.32. The molecule has 0 aliphatic heterocycles. The number of rotatable bonds is 4. The van der Waals surface area contributed by atoms with Gasteiger partial charge in [0.15, 0.2) is 5.09 Å². The topological polar surface area (TPSA) is 50.4 Å². The van der Waals surface area contributed by atoms with Gasteiger partial charge in [0.25, 0.3) is 0 Å². The zero-order valence-electron chi connectivity index (χ0n) is 9.02. The molecule has 0 aliphatic carbocycles. The summed E-state index contributed by atoms with van der Waals surface area (Å²) in [6.07, 6.45) is 0. The Labute approximate surface area is 118 Å². The third-order valence-corrected chi connectivity index (χ3v) is 3.86. The van der Waals surface area contributed by atoms with Crippen molar-refractivity contribution in [2.24, 2.45) is 0 Å². The van der Waals surface area contributed by atoms with E-state index in [1.807, 2.05) is 0 Å². The summed E-state index contributed by atoms with van der Waals surface area (Å²) in [7, 11) is 0.